The monoisotopic (exact) mass is 334 g/mol. The second-order valence-corrected chi connectivity index (χ2v) is 6.10. The summed E-state index contributed by atoms with van der Waals surface area (Å²) in [4.78, 5) is 16.7. The van der Waals surface area contributed by atoms with Crippen LogP contribution < -0.4 is 10.1 Å². The van der Waals surface area contributed by atoms with Crippen molar-refractivity contribution in [1.82, 2.24) is 15.2 Å². The van der Waals surface area contributed by atoms with Crippen molar-refractivity contribution in [2.75, 3.05) is 5.32 Å². The van der Waals surface area contributed by atoms with E-state index in [0.29, 0.717) is 11.6 Å². The van der Waals surface area contributed by atoms with Crippen molar-refractivity contribution < 1.29 is 9.53 Å². The van der Waals surface area contributed by atoms with Crippen LogP contribution in [0, 0.1) is 5.92 Å². The van der Waals surface area contributed by atoms with E-state index >= 15 is 0 Å². The molecule has 1 aliphatic rings. The Balaban J connectivity index is 1.37. The smallest absolute Gasteiger partial charge is 0.227 e. The Morgan fingerprint density at radius 1 is 1.16 bits per heavy atom. The van der Waals surface area contributed by atoms with Gasteiger partial charge in [0, 0.05) is 17.7 Å². The topological polar surface area (TPSA) is 79.9 Å². The summed E-state index contributed by atoms with van der Waals surface area (Å²) in [6.07, 6.45) is 5.83. The number of nitrogens with one attached hydrogen (secondary N) is 2. The highest BCUT2D eigenvalue weighted by molar-refractivity contribution is 5.92. The van der Waals surface area contributed by atoms with Gasteiger partial charge in [-0.15, -0.1) is 0 Å². The summed E-state index contributed by atoms with van der Waals surface area (Å²) in [5, 5.41) is 9.97. The number of carbonyl (C=O) groups is 1. The van der Waals surface area contributed by atoms with Crippen LogP contribution in [0.5, 0.6) is 11.6 Å². The number of rotatable bonds is 4. The second kappa shape index (κ2) is 6.76. The summed E-state index contributed by atoms with van der Waals surface area (Å²) in [6, 6.07) is 13.0. The molecule has 1 amide bonds. The van der Waals surface area contributed by atoms with Gasteiger partial charge in [-0.05, 0) is 43.0 Å². The van der Waals surface area contributed by atoms with E-state index in [4.69, 9.17) is 4.74 Å². The van der Waals surface area contributed by atoms with Crippen molar-refractivity contribution >= 4 is 11.6 Å². The van der Waals surface area contributed by atoms with Crippen LogP contribution in [-0.2, 0) is 17.6 Å². The Labute approximate surface area is 145 Å². The third-order valence-corrected chi connectivity index (χ3v) is 4.36. The lowest BCUT2D eigenvalue weighted by atomic mass is 9.87. The number of amides is 1. The molecule has 0 radical (unpaired) electrons. The van der Waals surface area contributed by atoms with Crippen LogP contribution in [0.2, 0.25) is 0 Å². The number of H-pyrrole nitrogens is 1. The molecule has 6 heteroatoms. The summed E-state index contributed by atoms with van der Waals surface area (Å²) >= 11 is 0. The van der Waals surface area contributed by atoms with Gasteiger partial charge in [-0.3, -0.25) is 9.89 Å². The van der Waals surface area contributed by atoms with E-state index in [9.17, 15) is 4.79 Å². The predicted octanol–water partition coefficient (Wildman–Crippen LogP) is 3.34. The fourth-order valence-corrected chi connectivity index (χ4v) is 3.01. The molecular weight excluding hydrogens is 316 g/mol. The van der Waals surface area contributed by atoms with Crippen LogP contribution in [0.15, 0.2) is 54.9 Å². The molecular formula is C19H18N4O2. The number of ether oxygens (including phenoxy) is 1. The van der Waals surface area contributed by atoms with Gasteiger partial charge >= 0.3 is 0 Å². The van der Waals surface area contributed by atoms with Crippen molar-refractivity contribution in [3.8, 4) is 11.6 Å². The maximum Gasteiger partial charge on any atom is 0.227 e. The van der Waals surface area contributed by atoms with E-state index in [-0.39, 0.29) is 11.8 Å². The van der Waals surface area contributed by atoms with Gasteiger partial charge in [0.25, 0.3) is 0 Å². The Morgan fingerprint density at radius 3 is 2.84 bits per heavy atom. The number of nitrogens with zero attached hydrogens (tertiary/aromatic N) is 2. The third kappa shape index (κ3) is 3.52. The number of anilines is 1. The Bertz CT molecular complexity index is 859. The molecule has 2 aromatic heterocycles. The molecule has 6 nitrogen and oxygen atoms in total. The number of aromatic nitrogens is 3. The summed E-state index contributed by atoms with van der Waals surface area (Å²) in [5.41, 5.74) is 2.95. The quantitative estimate of drug-likeness (QED) is 0.767. The van der Waals surface area contributed by atoms with Crippen LogP contribution in [0.4, 0.5) is 5.69 Å². The first-order valence-electron chi connectivity index (χ1n) is 8.29. The lowest BCUT2D eigenvalue weighted by Gasteiger charge is -2.20. The molecule has 1 atom stereocenters. The number of aryl methyl sites for hydroxylation is 1. The van der Waals surface area contributed by atoms with E-state index < -0.39 is 0 Å². The third-order valence-electron chi connectivity index (χ3n) is 4.36. The number of pyridine rings is 1. The van der Waals surface area contributed by atoms with E-state index in [1.54, 1.807) is 18.3 Å². The minimum Gasteiger partial charge on any atom is -0.439 e. The summed E-state index contributed by atoms with van der Waals surface area (Å²) in [5.74, 6) is 1.20. The lowest BCUT2D eigenvalue weighted by Crippen LogP contribution is -2.27. The molecule has 2 heterocycles. The predicted molar refractivity (Wildman–Crippen MR) is 93.5 cm³/mol. The molecule has 0 bridgehead atoms. The first-order chi connectivity index (χ1) is 12.3. The zero-order valence-corrected chi connectivity index (χ0v) is 13.6. The van der Waals surface area contributed by atoms with Crippen LogP contribution in [-0.4, -0.2) is 21.1 Å². The zero-order valence-electron chi connectivity index (χ0n) is 13.6. The van der Waals surface area contributed by atoms with Crippen molar-refractivity contribution in [2.45, 2.75) is 19.3 Å². The molecule has 1 aromatic carbocycles. The highest BCUT2D eigenvalue weighted by Crippen LogP contribution is 2.25. The van der Waals surface area contributed by atoms with Crippen molar-refractivity contribution in [3.05, 3.63) is 66.1 Å². The van der Waals surface area contributed by atoms with Crippen molar-refractivity contribution in [1.29, 1.82) is 0 Å². The highest BCUT2D eigenvalue weighted by Gasteiger charge is 2.25. The molecule has 4 rings (SSSR count). The molecule has 1 aliphatic carbocycles. The van der Waals surface area contributed by atoms with Crippen molar-refractivity contribution in [3.63, 3.8) is 0 Å². The first kappa shape index (κ1) is 15.4. The Hall–Kier alpha value is -3.15. The zero-order chi connectivity index (χ0) is 17.1. The number of carbonyl (C=O) groups excluding carboxylic acids is 1. The average Bonchev–Trinajstić information content (AvgIpc) is 3.12. The number of para-hydroxylation sites is 1. The van der Waals surface area contributed by atoms with Gasteiger partial charge in [0.2, 0.25) is 11.8 Å². The number of fused-ring (bicyclic) bond motifs is 1. The van der Waals surface area contributed by atoms with Gasteiger partial charge in [0.05, 0.1) is 18.1 Å². The first-order valence-corrected chi connectivity index (χ1v) is 8.29. The van der Waals surface area contributed by atoms with Crippen LogP contribution in [0.1, 0.15) is 17.7 Å². The van der Waals surface area contributed by atoms with E-state index in [1.807, 2.05) is 36.5 Å². The van der Waals surface area contributed by atoms with E-state index in [2.05, 4.69) is 20.5 Å². The maximum atomic E-state index is 12.5. The van der Waals surface area contributed by atoms with Gasteiger partial charge in [0.15, 0.2) is 0 Å². The van der Waals surface area contributed by atoms with Gasteiger partial charge in [-0.25, -0.2) is 4.98 Å². The van der Waals surface area contributed by atoms with E-state index in [1.165, 1.54) is 0 Å². The molecule has 25 heavy (non-hydrogen) atoms. The van der Waals surface area contributed by atoms with Gasteiger partial charge in [-0.2, -0.15) is 5.10 Å². The fraction of sp³-hybridized carbons (Fsp3) is 0.211. The van der Waals surface area contributed by atoms with Gasteiger partial charge in [0.1, 0.15) is 5.75 Å². The van der Waals surface area contributed by atoms with Gasteiger partial charge < -0.3 is 10.1 Å². The molecule has 0 saturated carbocycles. The molecule has 126 valence electrons. The highest BCUT2D eigenvalue weighted by atomic mass is 16.5. The second-order valence-electron chi connectivity index (χ2n) is 6.10. The van der Waals surface area contributed by atoms with Crippen LogP contribution in [0.3, 0.4) is 0 Å². The molecule has 0 spiro atoms. The molecule has 0 aliphatic heterocycles. The standard InChI is InChI=1S/C19H18N4O2/c24-19(13-6-8-17-14(10-13)11-21-23-17)22-15-7-9-18(20-12-15)25-16-4-2-1-3-5-16/h1-5,7,9,11-13H,6,8,10H2,(H,21,23)(H,22,24)/t13-/m1/s1. The molecule has 0 unspecified atom stereocenters. The average molecular weight is 334 g/mol. The minimum absolute atomic E-state index is 0.0189. The van der Waals surface area contributed by atoms with Crippen LogP contribution in [0.25, 0.3) is 0 Å². The SMILES string of the molecule is O=C(Nc1ccc(Oc2ccccc2)nc1)[C@@H]1CCc2[nH]ncc2C1. The van der Waals surface area contributed by atoms with E-state index in [0.717, 1.165) is 36.3 Å². The fourth-order valence-electron chi connectivity index (χ4n) is 3.01. The molecule has 0 saturated heterocycles. The van der Waals surface area contributed by atoms with Gasteiger partial charge in [-0.1, -0.05) is 18.2 Å². The summed E-state index contributed by atoms with van der Waals surface area (Å²) in [6.45, 7) is 0. The molecule has 3 aromatic rings. The summed E-state index contributed by atoms with van der Waals surface area (Å²) in [7, 11) is 0. The Kier molecular flexibility index (Phi) is 4.16. The normalized spacial score (nSPS) is 16.1. The largest absolute Gasteiger partial charge is 0.439 e. The number of aromatic amines is 1. The minimum atomic E-state index is -0.0367. The number of benzene rings is 1. The molecule has 0 fully saturated rings. The van der Waals surface area contributed by atoms with Crippen LogP contribution >= 0.6 is 0 Å². The van der Waals surface area contributed by atoms with Crippen molar-refractivity contribution in [2.24, 2.45) is 5.92 Å². The number of hydrogen-bond acceptors (Lipinski definition) is 4. The Morgan fingerprint density at radius 2 is 2.04 bits per heavy atom. The number of hydrogen-bond donors (Lipinski definition) is 2. The maximum absolute atomic E-state index is 12.5. The lowest BCUT2D eigenvalue weighted by molar-refractivity contribution is -0.120. The molecule has 2 N–H and O–H groups in total. The summed E-state index contributed by atoms with van der Waals surface area (Å²) < 4.78 is 5.65.